The highest BCUT2D eigenvalue weighted by atomic mass is 16.6. The third kappa shape index (κ3) is 2.90. The summed E-state index contributed by atoms with van der Waals surface area (Å²) in [5.41, 5.74) is 1.41. The van der Waals surface area contributed by atoms with Gasteiger partial charge in [-0.3, -0.25) is 14.9 Å². The number of benzene rings is 2. The number of nitrogens with one attached hydrogen (secondary N) is 1. The molecule has 1 N–H and O–H groups in total. The highest BCUT2D eigenvalue weighted by Crippen LogP contribution is 2.27. The SMILES string of the molecule is O=C(Nc1cccc([N+](=O)[O-])c1)C1CCc2ccccc2O1. The molecule has 0 fully saturated rings. The molecule has 0 radical (unpaired) electrons. The number of aryl methyl sites for hydroxylation is 1. The van der Waals surface area contributed by atoms with Crippen LogP contribution in [0.5, 0.6) is 5.75 Å². The van der Waals surface area contributed by atoms with Gasteiger partial charge in [-0.25, -0.2) is 0 Å². The maximum atomic E-state index is 12.3. The molecule has 0 aromatic heterocycles. The number of nitrogens with zero attached hydrogens (tertiary/aromatic N) is 1. The van der Waals surface area contributed by atoms with E-state index in [1.165, 1.54) is 18.2 Å². The summed E-state index contributed by atoms with van der Waals surface area (Å²) in [6.45, 7) is 0. The average molecular weight is 298 g/mol. The fourth-order valence-corrected chi connectivity index (χ4v) is 2.43. The molecule has 1 amide bonds. The molecule has 0 aliphatic carbocycles. The van der Waals surface area contributed by atoms with Crippen molar-refractivity contribution in [3.05, 3.63) is 64.2 Å². The van der Waals surface area contributed by atoms with Crippen LogP contribution >= 0.6 is 0 Å². The van der Waals surface area contributed by atoms with E-state index >= 15 is 0 Å². The van der Waals surface area contributed by atoms with Crippen molar-refractivity contribution in [2.24, 2.45) is 0 Å². The minimum Gasteiger partial charge on any atom is -0.480 e. The standard InChI is InChI=1S/C16H14N2O4/c19-16(17-12-5-3-6-13(10-12)18(20)21)15-9-8-11-4-1-2-7-14(11)22-15/h1-7,10,15H,8-9H2,(H,17,19). The van der Waals surface area contributed by atoms with Crippen molar-refractivity contribution in [3.8, 4) is 5.75 Å². The molecular weight excluding hydrogens is 284 g/mol. The van der Waals surface area contributed by atoms with E-state index < -0.39 is 11.0 Å². The molecule has 6 heteroatoms. The highest BCUT2D eigenvalue weighted by Gasteiger charge is 2.26. The lowest BCUT2D eigenvalue weighted by molar-refractivity contribution is -0.384. The molecule has 2 aromatic carbocycles. The molecule has 6 nitrogen and oxygen atoms in total. The van der Waals surface area contributed by atoms with Gasteiger partial charge in [0.15, 0.2) is 6.10 Å². The van der Waals surface area contributed by atoms with Crippen LogP contribution in [0.15, 0.2) is 48.5 Å². The lowest BCUT2D eigenvalue weighted by Gasteiger charge is -2.25. The number of anilines is 1. The van der Waals surface area contributed by atoms with Gasteiger partial charge in [0.05, 0.1) is 4.92 Å². The van der Waals surface area contributed by atoms with Crippen LogP contribution in [0.3, 0.4) is 0 Å². The van der Waals surface area contributed by atoms with Gasteiger partial charge >= 0.3 is 0 Å². The molecule has 0 bridgehead atoms. The first-order chi connectivity index (χ1) is 10.6. The van der Waals surface area contributed by atoms with Crippen molar-refractivity contribution < 1.29 is 14.5 Å². The fourth-order valence-electron chi connectivity index (χ4n) is 2.43. The number of para-hydroxylation sites is 1. The lowest BCUT2D eigenvalue weighted by Crippen LogP contribution is -2.35. The quantitative estimate of drug-likeness (QED) is 0.697. The number of non-ortho nitro benzene ring substituents is 1. The first-order valence-electron chi connectivity index (χ1n) is 6.93. The predicted octanol–water partition coefficient (Wildman–Crippen LogP) is 2.93. The van der Waals surface area contributed by atoms with E-state index in [1.54, 1.807) is 6.07 Å². The molecule has 0 saturated carbocycles. The van der Waals surface area contributed by atoms with Crippen LogP contribution in [0.1, 0.15) is 12.0 Å². The van der Waals surface area contributed by atoms with Gasteiger partial charge in [0.2, 0.25) is 0 Å². The van der Waals surface area contributed by atoms with Crippen LogP contribution in [0, 0.1) is 10.1 Å². The number of carbonyl (C=O) groups excluding carboxylic acids is 1. The molecule has 0 spiro atoms. The second kappa shape index (κ2) is 5.85. The average Bonchev–Trinajstić information content (AvgIpc) is 2.54. The molecule has 2 aromatic rings. The second-order valence-corrected chi connectivity index (χ2v) is 5.05. The molecule has 1 aliphatic rings. The van der Waals surface area contributed by atoms with Crippen LogP contribution in [0.25, 0.3) is 0 Å². The molecule has 22 heavy (non-hydrogen) atoms. The summed E-state index contributed by atoms with van der Waals surface area (Å²) in [7, 11) is 0. The Morgan fingerprint density at radius 3 is 2.86 bits per heavy atom. The van der Waals surface area contributed by atoms with E-state index in [1.807, 2.05) is 24.3 Å². The van der Waals surface area contributed by atoms with E-state index in [4.69, 9.17) is 4.74 Å². The smallest absolute Gasteiger partial charge is 0.271 e. The molecule has 1 aliphatic heterocycles. The zero-order valence-electron chi connectivity index (χ0n) is 11.7. The molecule has 3 rings (SSSR count). The molecule has 1 unspecified atom stereocenters. The Bertz CT molecular complexity index is 730. The van der Waals surface area contributed by atoms with Crippen LogP contribution in [0.4, 0.5) is 11.4 Å². The Morgan fingerprint density at radius 2 is 2.05 bits per heavy atom. The largest absolute Gasteiger partial charge is 0.480 e. The maximum absolute atomic E-state index is 12.3. The first-order valence-corrected chi connectivity index (χ1v) is 6.93. The van der Waals surface area contributed by atoms with E-state index in [2.05, 4.69) is 5.32 Å². The van der Waals surface area contributed by atoms with Crippen molar-refractivity contribution in [3.63, 3.8) is 0 Å². The van der Waals surface area contributed by atoms with Crippen LogP contribution < -0.4 is 10.1 Å². The van der Waals surface area contributed by atoms with Gasteiger partial charge in [-0.1, -0.05) is 24.3 Å². The van der Waals surface area contributed by atoms with E-state index in [-0.39, 0.29) is 11.6 Å². The zero-order valence-corrected chi connectivity index (χ0v) is 11.7. The number of amides is 1. The van der Waals surface area contributed by atoms with E-state index in [9.17, 15) is 14.9 Å². The summed E-state index contributed by atoms with van der Waals surface area (Å²) in [5.74, 6) is 0.419. The lowest BCUT2D eigenvalue weighted by atomic mass is 10.0. The molecule has 0 saturated heterocycles. The Balaban J connectivity index is 1.71. The third-order valence-corrected chi connectivity index (χ3v) is 3.53. The predicted molar refractivity (Wildman–Crippen MR) is 80.9 cm³/mol. The Hall–Kier alpha value is -2.89. The number of rotatable bonds is 3. The minimum absolute atomic E-state index is 0.0623. The van der Waals surface area contributed by atoms with Gasteiger partial charge in [0.25, 0.3) is 11.6 Å². The molecule has 1 heterocycles. The van der Waals surface area contributed by atoms with Crippen LogP contribution in [-0.4, -0.2) is 16.9 Å². The van der Waals surface area contributed by atoms with E-state index in [0.29, 0.717) is 17.9 Å². The monoisotopic (exact) mass is 298 g/mol. The van der Waals surface area contributed by atoms with Gasteiger partial charge in [0.1, 0.15) is 5.75 Å². The van der Waals surface area contributed by atoms with Gasteiger partial charge in [-0.05, 0) is 30.5 Å². The number of hydrogen-bond acceptors (Lipinski definition) is 4. The summed E-state index contributed by atoms with van der Waals surface area (Å²) >= 11 is 0. The second-order valence-electron chi connectivity index (χ2n) is 5.05. The summed E-state index contributed by atoms with van der Waals surface area (Å²) in [5, 5.41) is 13.4. The number of hydrogen-bond donors (Lipinski definition) is 1. The van der Waals surface area contributed by atoms with Gasteiger partial charge in [-0.2, -0.15) is 0 Å². The van der Waals surface area contributed by atoms with Crippen molar-refractivity contribution in [1.82, 2.24) is 0 Å². The molecular formula is C16H14N2O4. The summed E-state index contributed by atoms with van der Waals surface area (Å²) < 4.78 is 5.70. The number of ether oxygens (including phenoxy) is 1. The highest BCUT2D eigenvalue weighted by molar-refractivity contribution is 5.94. The third-order valence-electron chi connectivity index (χ3n) is 3.53. The van der Waals surface area contributed by atoms with E-state index in [0.717, 1.165) is 12.0 Å². The Morgan fingerprint density at radius 1 is 1.23 bits per heavy atom. The zero-order chi connectivity index (χ0) is 15.5. The van der Waals surface area contributed by atoms with Crippen molar-refractivity contribution in [2.75, 3.05) is 5.32 Å². The van der Waals surface area contributed by atoms with Crippen LogP contribution in [0.2, 0.25) is 0 Å². The molecule has 1 atom stereocenters. The Labute approximate surface area is 126 Å². The van der Waals surface area contributed by atoms with Gasteiger partial charge in [-0.15, -0.1) is 0 Å². The van der Waals surface area contributed by atoms with Crippen molar-refractivity contribution in [1.29, 1.82) is 0 Å². The number of fused-ring (bicyclic) bond motifs is 1. The summed E-state index contributed by atoms with van der Waals surface area (Å²) in [6, 6.07) is 13.5. The number of nitro groups is 1. The van der Waals surface area contributed by atoms with Gasteiger partial charge in [0, 0.05) is 17.8 Å². The van der Waals surface area contributed by atoms with Crippen LogP contribution in [-0.2, 0) is 11.2 Å². The summed E-state index contributed by atoms with van der Waals surface area (Å²) in [4.78, 5) is 22.5. The fraction of sp³-hybridized carbons (Fsp3) is 0.188. The number of carbonyl (C=O) groups is 1. The van der Waals surface area contributed by atoms with Gasteiger partial charge < -0.3 is 10.1 Å². The maximum Gasteiger partial charge on any atom is 0.271 e. The normalized spacial score (nSPS) is 16.3. The molecule has 112 valence electrons. The van der Waals surface area contributed by atoms with Crippen molar-refractivity contribution >= 4 is 17.3 Å². The first kappa shape index (κ1) is 14.1. The number of nitro benzene ring substituents is 1. The topological polar surface area (TPSA) is 81.5 Å². The van der Waals surface area contributed by atoms with Crippen molar-refractivity contribution in [2.45, 2.75) is 18.9 Å². The summed E-state index contributed by atoms with van der Waals surface area (Å²) in [6.07, 6.45) is 0.759. The Kier molecular flexibility index (Phi) is 3.74. The minimum atomic E-state index is -0.589.